The molecule has 4 fully saturated rings. The number of hydrogen-bond donors (Lipinski definition) is 1. The number of carbonyl (C=O) groups is 1. The Hall–Kier alpha value is -0.410. The summed E-state index contributed by atoms with van der Waals surface area (Å²) in [5.41, 5.74) is -0.246. The molecule has 4 rings (SSSR count). The molecule has 0 amide bonds. The molecule has 5 bridgehead atoms. The molecular weight excluding hydrogens is 204 g/mol. The van der Waals surface area contributed by atoms with E-state index in [4.69, 9.17) is 4.74 Å². The number of rotatable bonds is 0. The third-order valence-corrected chi connectivity index (χ3v) is 5.45. The van der Waals surface area contributed by atoms with Gasteiger partial charge in [0, 0.05) is 23.7 Å². The van der Waals surface area contributed by atoms with Crippen LogP contribution >= 0.6 is 0 Å². The van der Waals surface area contributed by atoms with Crippen molar-refractivity contribution in [3.63, 3.8) is 0 Å². The zero-order chi connectivity index (χ0) is 11.1. The lowest BCUT2D eigenvalue weighted by Gasteiger charge is -2.47. The number of ketones is 1. The van der Waals surface area contributed by atoms with Crippen molar-refractivity contribution in [2.45, 2.75) is 50.4 Å². The highest BCUT2D eigenvalue weighted by Crippen LogP contribution is 2.61. The first-order chi connectivity index (χ1) is 7.50. The maximum atomic E-state index is 12.2. The highest BCUT2D eigenvalue weighted by molar-refractivity contribution is 5.85. The Morgan fingerprint density at radius 1 is 1.19 bits per heavy atom. The van der Waals surface area contributed by atoms with Crippen LogP contribution in [0.3, 0.4) is 0 Å². The average molecular weight is 222 g/mol. The Balaban J connectivity index is 1.88. The van der Waals surface area contributed by atoms with Crippen LogP contribution in [-0.4, -0.2) is 22.3 Å². The van der Waals surface area contributed by atoms with Gasteiger partial charge in [-0.05, 0) is 39.0 Å². The second-order valence-corrected chi connectivity index (χ2v) is 6.61. The standard InChI is InChI=1S/C13H18O3/c1-12-5-8-4-9-2-7(11(8)14)3-10(6-12)13(9,15)16-12/h7-10,15H,2-6H2,1H3/t7-,8?,9-,10?,12+,13-/m0/s1. The van der Waals surface area contributed by atoms with Crippen LogP contribution < -0.4 is 0 Å². The normalized spacial score (nSPS) is 62.8. The molecule has 2 heterocycles. The van der Waals surface area contributed by atoms with Crippen LogP contribution in [0, 0.1) is 23.7 Å². The molecule has 6 atom stereocenters. The van der Waals surface area contributed by atoms with Crippen LogP contribution in [0.1, 0.15) is 39.0 Å². The molecule has 2 aliphatic heterocycles. The van der Waals surface area contributed by atoms with E-state index in [0.29, 0.717) is 5.78 Å². The zero-order valence-electron chi connectivity index (χ0n) is 9.61. The van der Waals surface area contributed by atoms with Crippen molar-refractivity contribution < 1.29 is 14.6 Å². The monoisotopic (exact) mass is 222 g/mol. The van der Waals surface area contributed by atoms with Gasteiger partial charge in [-0.2, -0.15) is 0 Å². The van der Waals surface area contributed by atoms with E-state index in [0.717, 1.165) is 32.1 Å². The molecule has 4 aliphatic rings. The second kappa shape index (κ2) is 2.54. The predicted octanol–water partition coefficient (Wildman–Crippen LogP) is 1.49. The van der Waals surface area contributed by atoms with Crippen LogP contribution in [0.15, 0.2) is 0 Å². The summed E-state index contributed by atoms with van der Waals surface area (Å²) in [6.45, 7) is 2.08. The van der Waals surface area contributed by atoms with Crippen LogP contribution in [0.5, 0.6) is 0 Å². The van der Waals surface area contributed by atoms with E-state index in [1.807, 2.05) is 0 Å². The molecule has 2 aliphatic carbocycles. The number of ether oxygens (including phenoxy) is 1. The van der Waals surface area contributed by atoms with Crippen molar-refractivity contribution in [1.82, 2.24) is 0 Å². The van der Waals surface area contributed by atoms with Crippen molar-refractivity contribution >= 4 is 5.78 Å². The summed E-state index contributed by atoms with van der Waals surface area (Å²) in [5.74, 6) is 0.347. The summed E-state index contributed by atoms with van der Waals surface area (Å²) in [5, 5.41) is 10.7. The van der Waals surface area contributed by atoms with Crippen molar-refractivity contribution in [3.8, 4) is 0 Å². The number of fused-ring (bicyclic) bond motifs is 3. The van der Waals surface area contributed by atoms with Crippen LogP contribution in [0.2, 0.25) is 0 Å². The Labute approximate surface area is 95.2 Å². The Bertz CT molecular complexity index is 373. The van der Waals surface area contributed by atoms with E-state index in [9.17, 15) is 9.90 Å². The molecule has 2 saturated carbocycles. The molecule has 0 spiro atoms. The SMILES string of the molecule is C[C@@]12CC3C[C@@H]4C[C@@H](CC(C1)[C@@]4(O)O2)C3=O. The summed E-state index contributed by atoms with van der Waals surface area (Å²) in [4.78, 5) is 12.2. The van der Waals surface area contributed by atoms with Crippen LogP contribution in [0.4, 0.5) is 0 Å². The predicted molar refractivity (Wildman–Crippen MR) is 56.5 cm³/mol. The lowest BCUT2D eigenvalue weighted by atomic mass is 9.57. The minimum Gasteiger partial charge on any atom is -0.365 e. The minimum absolute atomic E-state index is 0.157. The van der Waals surface area contributed by atoms with Crippen molar-refractivity contribution in [2.75, 3.05) is 0 Å². The number of Topliss-reactive ketones (excluding diaryl/α,β-unsaturated/α-hetero) is 1. The molecular formula is C13H18O3. The first-order valence-corrected chi connectivity index (χ1v) is 6.46. The average Bonchev–Trinajstić information content (AvgIpc) is 2.41. The van der Waals surface area contributed by atoms with Gasteiger partial charge in [-0.25, -0.2) is 0 Å². The van der Waals surface area contributed by atoms with Gasteiger partial charge in [0.1, 0.15) is 5.78 Å². The van der Waals surface area contributed by atoms with Crippen molar-refractivity contribution in [1.29, 1.82) is 0 Å². The molecule has 0 radical (unpaired) electrons. The van der Waals surface area contributed by atoms with Gasteiger partial charge in [-0.15, -0.1) is 0 Å². The molecule has 0 aromatic rings. The molecule has 16 heavy (non-hydrogen) atoms. The van der Waals surface area contributed by atoms with Crippen LogP contribution in [0.25, 0.3) is 0 Å². The van der Waals surface area contributed by atoms with E-state index in [-0.39, 0.29) is 29.3 Å². The Morgan fingerprint density at radius 2 is 1.88 bits per heavy atom. The van der Waals surface area contributed by atoms with Gasteiger partial charge in [-0.3, -0.25) is 4.79 Å². The molecule has 2 unspecified atom stereocenters. The summed E-state index contributed by atoms with van der Waals surface area (Å²) in [6.07, 6.45) is 4.35. The number of aliphatic hydroxyl groups is 1. The van der Waals surface area contributed by atoms with E-state index in [1.165, 1.54) is 0 Å². The summed E-state index contributed by atoms with van der Waals surface area (Å²) < 4.78 is 6.01. The van der Waals surface area contributed by atoms with Gasteiger partial charge in [0.25, 0.3) is 0 Å². The Kier molecular flexibility index (Phi) is 1.52. The first kappa shape index (κ1) is 9.60. The van der Waals surface area contributed by atoms with E-state index in [2.05, 4.69) is 6.92 Å². The summed E-state index contributed by atoms with van der Waals surface area (Å²) in [7, 11) is 0. The third kappa shape index (κ3) is 0.951. The minimum atomic E-state index is -0.902. The fourth-order valence-electron chi connectivity index (χ4n) is 4.93. The van der Waals surface area contributed by atoms with Gasteiger partial charge in [0.05, 0.1) is 5.60 Å². The smallest absolute Gasteiger partial charge is 0.171 e. The van der Waals surface area contributed by atoms with Crippen LogP contribution in [-0.2, 0) is 9.53 Å². The van der Waals surface area contributed by atoms with Gasteiger partial charge >= 0.3 is 0 Å². The fourth-order valence-corrected chi connectivity index (χ4v) is 4.93. The molecule has 88 valence electrons. The molecule has 2 saturated heterocycles. The second-order valence-electron chi connectivity index (χ2n) is 6.61. The number of carbonyl (C=O) groups excluding carboxylic acids is 1. The van der Waals surface area contributed by atoms with Gasteiger partial charge in [0.2, 0.25) is 0 Å². The lowest BCUT2D eigenvalue weighted by Crippen LogP contribution is -2.53. The topological polar surface area (TPSA) is 46.5 Å². The van der Waals surface area contributed by atoms with Gasteiger partial charge < -0.3 is 9.84 Å². The molecule has 3 heteroatoms. The Morgan fingerprint density at radius 3 is 2.69 bits per heavy atom. The fraction of sp³-hybridized carbons (Fsp3) is 0.923. The third-order valence-electron chi connectivity index (χ3n) is 5.45. The molecule has 0 aromatic heterocycles. The largest absolute Gasteiger partial charge is 0.365 e. The van der Waals surface area contributed by atoms with E-state index in [1.54, 1.807) is 0 Å². The summed E-state index contributed by atoms with van der Waals surface area (Å²) in [6, 6.07) is 0. The first-order valence-electron chi connectivity index (χ1n) is 6.46. The lowest BCUT2D eigenvalue weighted by molar-refractivity contribution is -0.272. The van der Waals surface area contributed by atoms with Crippen molar-refractivity contribution in [3.05, 3.63) is 0 Å². The molecule has 0 aromatic carbocycles. The van der Waals surface area contributed by atoms with Gasteiger partial charge in [-0.1, -0.05) is 0 Å². The summed E-state index contributed by atoms with van der Waals surface area (Å²) >= 11 is 0. The maximum Gasteiger partial charge on any atom is 0.171 e. The quantitative estimate of drug-likeness (QED) is 0.675. The maximum absolute atomic E-state index is 12.2. The van der Waals surface area contributed by atoms with Crippen molar-refractivity contribution in [2.24, 2.45) is 23.7 Å². The van der Waals surface area contributed by atoms with E-state index >= 15 is 0 Å². The highest BCUT2D eigenvalue weighted by Gasteiger charge is 2.65. The zero-order valence-corrected chi connectivity index (χ0v) is 9.61. The molecule has 3 nitrogen and oxygen atoms in total. The highest BCUT2D eigenvalue weighted by atomic mass is 16.6. The van der Waals surface area contributed by atoms with E-state index < -0.39 is 5.79 Å². The molecule has 1 N–H and O–H groups in total. The van der Waals surface area contributed by atoms with Gasteiger partial charge in [0.15, 0.2) is 5.79 Å². The number of hydrogen-bond acceptors (Lipinski definition) is 3.